The average Bonchev–Trinajstić information content (AvgIpc) is 2.82. The van der Waals surface area contributed by atoms with Crippen LogP contribution in [0.1, 0.15) is 36.0 Å². The van der Waals surface area contributed by atoms with Gasteiger partial charge in [-0.2, -0.15) is 0 Å². The van der Waals surface area contributed by atoms with E-state index in [4.69, 9.17) is 4.74 Å². The molecule has 0 saturated heterocycles. The van der Waals surface area contributed by atoms with E-state index in [9.17, 15) is 4.79 Å². The zero-order valence-corrected chi connectivity index (χ0v) is 12.7. The minimum atomic E-state index is -0.243. The van der Waals surface area contributed by atoms with Gasteiger partial charge in [-0.05, 0) is 44.4 Å². The number of carbonyl (C=O) groups is 1. The van der Waals surface area contributed by atoms with Crippen molar-refractivity contribution in [3.63, 3.8) is 0 Å². The first-order valence-corrected chi connectivity index (χ1v) is 7.38. The molecule has 1 aromatic carbocycles. The first-order valence-electron chi connectivity index (χ1n) is 6.50. The summed E-state index contributed by atoms with van der Waals surface area (Å²) in [4.78, 5) is 13.0. The van der Waals surface area contributed by atoms with Crippen LogP contribution in [0.15, 0.2) is 47.9 Å². The van der Waals surface area contributed by atoms with Crippen LogP contribution in [0.2, 0.25) is 0 Å². The lowest BCUT2D eigenvalue weighted by Gasteiger charge is -2.20. The van der Waals surface area contributed by atoms with Gasteiger partial charge in [0, 0.05) is 5.56 Å². The highest BCUT2D eigenvalue weighted by Gasteiger charge is 2.14. The fraction of sp³-hybridized carbons (Fsp3) is 0.235. The number of ether oxygens (including phenoxy) is 1. The van der Waals surface area contributed by atoms with E-state index < -0.39 is 0 Å². The molecule has 0 aliphatic heterocycles. The third-order valence-corrected chi connectivity index (χ3v) is 3.38. The van der Waals surface area contributed by atoms with Gasteiger partial charge in [0.05, 0.1) is 4.88 Å². The van der Waals surface area contributed by atoms with Gasteiger partial charge in [0.1, 0.15) is 11.4 Å². The zero-order chi connectivity index (χ0) is 14.6. The van der Waals surface area contributed by atoms with Crippen LogP contribution in [0.3, 0.4) is 0 Å². The molecule has 2 nitrogen and oxygen atoms in total. The molecular formula is C17H18O2S. The second kappa shape index (κ2) is 6.06. The number of rotatable bonds is 4. The average molecular weight is 286 g/mol. The highest BCUT2D eigenvalue weighted by molar-refractivity contribution is 7.11. The first-order chi connectivity index (χ1) is 9.46. The minimum Gasteiger partial charge on any atom is -0.487 e. The Morgan fingerprint density at radius 1 is 1.15 bits per heavy atom. The van der Waals surface area contributed by atoms with E-state index >= 15 is 0 Å². The Hall–Kier alpha value is -1.87. The van der Waals surface area contributed by atoms with Gasteiger partial charge in [0.2, 0.25) is 0 Å². The molecule has 20 heavy (non-hydrogen) atoms. The minimum absolute atomic E-state index is 0.000656. The molecule has 0 fully saturated rings. The van der Waals surface area contributed by atoms with Crippen molar-refractivity contribution in [3.05, 3.63) is 58.3 Å². The fourth-order valence-electron chi connectivity index (χ4n) is 1.69. The van der Waals surface area contributed by atoms with E-state index in [2.05, 4.69) is 0 Å². The molecule has 0 radical (unpaired) electrons. The Kier molecular flexibility index (Phi) is 4.40. The van der Waals surface area contributed by atoms with Gasteiger partial charge in [-0.1, -0.05) is 30.3 Å². The second-order valence-corrected chi connectivity index (χ2v) is 6.37. The molecule has 0 unspecified atom stereocenters. The van der Waals surface area contributed by atoms with Crippen LogP contribution in [0.4, 0.5) is 0 Å². The van der Waals surface area contributed by atoms with E-state index in [1.54, 1.807) is 17.4 Å². The van der Waals surface area contributed by atoms with Crippen molar-refractivity contribution in [2.45, 2.75) is 26.4 Å². The van der Waals surface area contributed by atoms with Gasteiger partial charge < -0.3 is 4.74 Å². The van der Waals surface area contributed by atoms with Gasteiger partial charge in [-0.3, -0.25) is 4.79 Å². The number of thiophene rings is 1. The molecule has 0 aliphatic rings. The maximum absolute atomic E-state index is 12.0. The standard InChI is InChI=1S/C17H18O2S/c1-17(2,3)19-15-11-12-20-16(15)10-9-14(18)13-7-5-4-6-8-13/h4-12H,1-3H3. The van der Waals surface area contributed by atoms with Crippen molar-refractivity contribution in [3.8, 4) is 5.75 Å². The van der Waals surface area contributed by atoms with Crippen LogP contribution >= 0.6 is 11.3 Å². The Morgan fingerprint density at radius 3 is 2.50 bits per heavy atom. The number of carbonyl (C=O) groups excluding carboxylic acids is 1. The van der Waals surface area contributed by atoms with E-state index in [1.165, 1.54) is 0 Å². The molecule has 0 aliphatic carbocycles. The highest BCUT2D eigenvalue weighted by Crippen LogP contribution is 2.29. The van der Waals surface area contributed by atoms with E-state index in [0.717, 1.165) is 10.6 Å². The maximum atomic E-state index is 12.0. The van der Waals surface area contributed by atoms with Crippen LogP contribution in [-0.2, 0) is 0 Å². The number of allylic oxidation sites excluding steroid dienone is 1. The summed E-state index contributed by atoms with van der Waals surface area (Å²) < 4.78 is 5.86. The maximum Gasteiger partial charge on any atom is 0.185 e. The third kappa shape index (κ3) is 4.07. The Bertz CT molecular complexity index is 603. The van der Waals surface area contributed by atoms with Crippen molar-refractivity contribution in [1.29, 1.82) is 0 Å². The number of hydrogen-bond acceptors (Lipinski definition) is 3. The number of ketones is 1. The topological polar surface area (TPSA) is 26.3 Å². The Balaban J connectivity index is 2.13. The lowest BCUT2D eigenvalue weighted by molar-refractivity contribution is 0.104. The molecule has 2 aromatic rings. The van der Waals surface area contributed by atoms with E-state index in [1.807, 2.05) is 68.6 Å². The molecule has 0 N–H and O–H groups in total. The predicted molar refractivity (Wildman–Crippen MR) is 84.5 cm³/mol. The van der Waals surface area contributed by atoms with Crippen LogP contribution in [0.25, 0.3) is 6.08 Å². The summed E-state index contributed by atoms with van der Waals surface area (Å²) in [6.07, 6.45) is 3.41. The number of hydrogen-bond donors (Lipinski definition) is 0. The summed E-state index contributed by atoms with van der Waals surface area (Å²) in [5.74, 6) is 0.820. The van der Waals surface area contributed by atoms with Crippen molar-refractivity contribution in [1.82, 2.24) is 0 Å². The normalized spacial score (nSPS) is 11.8. The largest absolute Gasteiger partial charge is 0.487 e. The van der Waals surface area contributed by atoms with Crippen molar-refractivity contribution in [2.75, 3.05) is 0 Å². The summed E-state index contributed by atoms with van der Waals surface area (Å²) in [5, 5.41) is 1.97. The summed E-state index contributed by atoms with van der Waals surface area (Å²) in [6, 6.07) is 11.2. The molecule has 3 heteroatoms. The monoisotopic (exact) mass is 286 g/mol. The highest BCUT2D eigenvalue weighted by atomic mass is 32.1. The van der Waals surface area contributed by atoms with Gasteiger partial charge in [-0.15, -0.1) is 11.3 Å². The first kappa shape index (κ1) is 14.5. The lowest BCUT2D eigenvalue weighted by Crippen LogP contribution is -2.22. The predicted octanol–water partition coefficient (Wildman–Crippen LogP) is 4.82. The smallest absolute Gasteiger partial charge is 0.185 e. The molecule has 0 bridgehead atoms. The summed E-state index contributed by atoms with van der Waals surface area (Å²) >= 11 is 1.56. The summed E-state index contributed by atoms with van der Waals surface area (Å²) in [5.41, 5.74) is 0.450. The molecular weight excluding hydrogens is 268 g/mol. The third-order valence-electron chi connectivity index (χ3n) is 2.52. The molecule has 1 aromatic heterocycles. The molecule has 0 atom stereocenters. The van der Waals surface area contributed by atoms with Gasteiger partial charge in [-0.25, -0.2) is 0 Å². The fourth-order valence-corrected chi connectivity index (χ4v) is 2.41. The van der Waals surface area contributed by atoms with Crippen LogP contribution < -0.4 is 4.74 Å². The molecule has 104 valence electrons. The summed E-state index contributed by atoms with van der Waals surface area (Å²) in [6.45, 7) is 6.02. The van der Waals surface area contributed by atoms with Gasteiger partial charge in [0.15, 0.2) is 5.78 Å². The van der Waals surface area contributed by atoms with E-state index in [-0.39, 0.29) is 11.4 Å². The molecule has 1 heterocycles. The van der Waals surface area contributed by atoms with Crippen molar-refractivity contribution < 1.29 is 9.53 Å². The van der Waals surface area contributed by atoms with Crippen LogP contribution in [-0.4, -0.2) is 11.4 Å². The molecule has 0 spiro atoms. The van der Waals surface area contributed by atoms with E-state index in [0.29, 0.717) is 5.56 Å². The zero-order valence-electron chi connectivity index (χ0n) is 11.9. The second-order valence-electron chi connectivity index (χ2n) is 5.43. The van der Waals surface area contributed by atoms with Crippen LogP contribution in [0, 0.1) is 0 Å². The Labute approximate surface area is 123 Å². The molecule has 0 saturated carbocycles. The molecule has 2 rings (SSSR count). The SMILES string of the molecule is CC(C)(C)Oc1ccsc1C=CC(=O)c1ccccc1. The van der Waals surface area contributed by atoms with Crippen molar-refractivity contribution >= 4 is 23.2 Å². The van der Waals surface area contributed by atoms with Gasteiger partial charge in [0.25, 0.3) is 0 Å². The number of benzene rings is 1. The van der Waals surface area contributed by atoms with Crippen LogP contribution in [0.5, 0.6) is 5.75 Å². The Morgan fingerprint density at radius 2 is 1.85 bits per heavy atom. The van der Waals surface area contributed by atoms with Crippen molar-refractivity contribution in [2.24, 2.45) is 0 Å². The quantitative estimate of drug-likeness (QED) is 0.595. The lowest BCUT2D eigenvalue weighted by atomic mass is 10.1. The molecule has 0 amide bonds. The van der Waals surface area contributed by atoms with Gasteiger partial charge >= 0.3 is 0 Å². The summed E-state index contributed by atoms with van der Waals surface area (Å²) in [7, 11) is 0.